The molecule has 0 bridgehead atoms. The number of nitrogens with zero attached hydrogens (tertiary/aromatic N) is 5. The van der Waals surface area contributed by atoms with Crippen LogP contribution in [0.15, 0.2) is 45.3 Å². The van der Waals surface area contributed by atoms with Gasteiger partial charge in [0.2, 0.25) is 0 Å². The van der Waals surface area contributed by atoms with E-state index in [0.717, 1.165) is 11.3 Å². The van der Waals surface area contributed by atoms with Gasteiger partial charge in [0.15, 0.2) is 17.3 Å². The summed E-state index contributed by atoms with van der Waals surface area (Å²) in [5.41, 5.74) is 1.49. The number of rotatable bonds is 4. The molecule has 3 aromatic rings. The second kappa shape index (κ2) is 6.42. The van der Waals surface area contributed by atoms with Gasteiger partial charge in [-0.15, -0.1) is 0 Å². The first-order valence-electron chi connectivity index (χ1n) is 8.48. The van der Waals surface area contributed by atoms with Gasteiger partial charge in [0.05, 0.1) is 25.7 Å². The first-order valence-corrected chi connectivity index (χ1v) is 8.48. The Morgan fingerprint density at radius 2 is 2.04 bits per heavy atom. The van der Waals surface area contributed by atoms with Crippen LogP contribution in [0.4, 0.5) is 0 Å². The van der Waals surface area contributed by atoms with Crippen molar-refractivity contribution in [2.75, 3.05) is 7.11 Å². The predicted octanol–water partition coefficient (Wildman–Crippen LogP) is 0.636. The average Bonchev–Trinajstić information content (AvgIpc) is 3.30. The van der Waals surface area contributed by atoms with E-state index in [1.807, 2.05) is 24.3 Å². The number of oxime groups is 1. The number of methoxy groups -OCH3 is 1. The summed E-state index contributed by atoms with van der Waals surface area (Å²) in [6.07, 6.45) is 1.57. The maximum absolute atomic E-state index is 12.8. The molecule has 0 spiro atoms. The smallest absolute Gasteiger partial charge is 0.332 e. The quantitative estimate of drug-likeness (QED) is 0.673. The van der Waals surface area contributed by atoms with Crippen molar-refractivity contribution in [1.82, 2.24) is 18.7 Å². The lowest BCUT2D eigenvalue weighted by atomic mass is 10.0. The summed E-state index contributed by atoms with van der Waals surface area (Å²) in [5, 5.41) is 4.14. The lowest BCUT2D eigenvalue weighted by Crippen LogP contribution is -2.42. The van der Waals surface area contributed by atoms with E-state index in [2.05, 4.69) is 10.1 Å². The summed E-state index contributed by atoms with van der Waals surface area (Å²) in [7, 11) is 4.92. The molecule has 1 aliphatic rings. The Bertz CT molecular complexity index is 1170. The fourth-order valence-corrected chi connectivity index (χ4v) is 3.33. The number of benzene rings is 1. The number of para-hydroxylation sites is 1. The molecule has 1 aliphatic heterocycles. The third-order valence-corrected chi connectivity index (χ3v) is 4.74. The molecule has 4 rings (SSSR count). The van der Waals surface area contributed by atoms with Gasteiger partial charge in [0.25, 0.3) is 5.56 Å². The van der Waals surface area contributed by atoms with Crippen LogP contribution in [0.1, 0.15) is 12.0 Å². The van der Waals surface area contributed by atoms with Crippen LogP contribution in [0.3, 0.4) is 0 Å². The van der Waals surface area contributed by atoms with Gasteiger partial charge in [0.1, 0.15) is 5.75 Å². The van der Waals surface area contributed by atoms with Crippen LogP contribution in [-0.4, -0.2) is 37.6 Å². The van der Waals surface area contributed by atoms with E-state index in [1.165, 1.54) is 15.5 Å². The Balaban J connectivity index is 1.65. The van der Waals surface area contributed by atoms with Crippen molar-refractivity contribution in [1.29, 1.82) is 0 Å². The normalized spacial score (nSPS) is 16.4. The maximum Gasteiger partial charge on any atom is 0.332 e. The first kappa shape index (κ1) is 17.1. The molecule has 0 amide bonds. The summed E-state index contributed by atoms with van der Waals surface area (Å²) in [5.74, 6) is 0.699. The lowest BCUT2D eigenvalue weighted by molar-refractivity contribution is 0.0706. The Morgan fingerprint density at radius 3 is 2.81 bits per heavy atom. The zero-order valence-corrected chi connectivity index (χ0v) is 15.2. The van der Waals surface area contributed by atoms with Crippen molar-refractivity contribution in [3.8, 4) is 5.75 Å². The van der Waals surface area contributed by atoms with E-state index < -0.39 is 11.8 Å². The van der Waals surface area contributed by atoms with Crippen LogP contribution in [0, 0.1) is 0 Å². The van der Waals surface area contributed by atoms with Gasteiger partial charge >= 0.3 is 5.69 Å². The Kier molecular flexibility index (Phi) is 4.06. The number of aromatic nitrogens is 4. The molecule has 0 fully saturated rings. The second-order valence-corrected chi connectivity index (χ2v) is 6.45. The van der Waals surface area contributed by atoms with E-state index >= 15 is 0 Å². The van der Waals surface area contributed by atoms with Gasteiger partial charge in [-0.2, -0.15) is 0 Å². The monoisotopic (exact) mass is 369 g/mol. The van der Waals surface area contributed by atoms with E-state index in [-0.39, 0.29) is 12.1 Å². The van der Waals surface area contributed by atoms with Gasteiger partial charge in [-0.3, -0.25) is 13.9 Å². The van der Waals surface area contributed by atoms with Gasteiger partial charge in [0, 0.05) is 26.1 Å². The molecule has 0 aliphatic carbocycles. The Morgan fingerprint density at radius 1 is 1.26 bits per heavy atom. The van der Waals surface area contributed by atoms with Crippen molar-refractivity contribution in [2.45, 2.75) is 19.1 Å². The minimum absolute atomic E-state index is 0.106. The lowest BCUT2D eigenvalue weighted by Gasteiger charge is -2.12. The average molecular weight is 369 g/mol. The van der Waals surface area contributed by atoms with Gasteiger partial charge in [-0.1, -0.05) is 17.3 Å². The molecule has 0 saturated heterocycles. The summed E-state index contributed by atoms with van der Waals surface area (Å²) in [4.78, 5) is 35.0. The van der Waals surface area contributed by atoms with E-state index in [4.69, 9.17) is 9.57 Å². The standard InChI is InChI=1S/C18H19N5O4/c1-21-10-19-16-15(21)17(24)23(18(25)22(16)2)9-11-8-13(20-27-11)12-6-4-5-7-14(12)26-3/h4-7,10-11H,8-9H2,1-3H3/t11-/m1/s1. The topological polar surface area (TPSA) is 92.6 Å². The zero-order chi connectivity index (χ0) is 19.1. The van der Waals surface area contributed by atoms with Crippen molar-refractivity contribution < 1.29 is 9.57 Å². The summed E-state index contributed by atoms with van der Waals surface area (Å²) < 4.78 is 9.52. The molecule has 2 aromatic heterocycles. The molecule has 9 heteroatoms. The number of fused-ring (bicyclic) bond motifs is 1. The van der Waals surface area contributed by atoms with Gasteiger partial charge in [-0.25, -0.2) is 9.78 Å². The molecule has 140 valence electrons. The van der Waals surface area contributed by atoms with Gasteiger partial charge in [-0.05, 0) is 12.1 Å². The summed E-state index contributed by atoms with van der Waals surface area (Å²) in [6, 6.07) is 7.52. The summed E-state index contributed by atoms with van der Waals surface area (Å²) >= 11 is 0. The van der Waals surface area contributed by atoms with Crippen LogP contribution in [-0.2, 0) is 25.5 Å². The van der Waals surface area contributed by atoms with Crippen molar-refractivity contribution >= 4 is 16.9 Å². The zero-order valence-electron chi connectivity index (χ0n) is 15.2. The third-order valence-electron chi connectivity index (χ3n) is 4.74. The number of imidazole rings is 1. The molecule has 1 aromatic carbocycles. The molecular formula is C18H19N5O4. The Hall–Kier alpha value is -3.36. The highest BCUT2D eigenvalue weighted by molar-refractivity contribution is 6.03. The number of ether oxygens (including phenoxy) is 1. The highest BCUT2D eigenvalue weighted by Gasteiger charge is 2.26. The summed E-state index contributed by atoms with van der Waals surface area (Å²) in [6.45, 7) is 0.106. The number of hydrogen-bond donors (Lipinski definition) is 0. The molecule has 3 heterocycles. The van der Waals surface area contributed by atoms with Crippen molar-refractivity contribution in [2.24, 2.45) is 19.3 Å². The van der Waals surface area contributed by atoms with Crippen LogP contribution >= 0.6 is 0 Å². The first-order chi connectivity index (χ1) is 13.0. The second-order valence-electron chi connectivity index (χ2n) is 6.45. The molecule has 0 unspecified atom stereocenters. The fraction of sp³-hybridized carbons (Fsp3) is 0.333. The predicted molar refractivity (Wildman–Crippen MR) is 99.2 cm³/mol. The third kappa shape index (κ3) is 2.71. The largest absolute Gasteiger partial charge is 0.496 e. The molecule has 1 atom stereocenters. The molecule has 0 saturated carbocycles. The van der Waals surface area contributed by atoms with Crippen LogP contribution in [0.5, 0.6) is 5.75 Å². The maximum atomic E-state index is 12.8. The van der Waals surface area contributed by atoms with Gasteiger partial charge < -0.3 is 14.1 Å². The molecular weight excluding hydrogens is 350 g/mol. The molecule has 0 radical (unpaired) electrons. The highest BCUT2D eigenvalue weighted by atomic mass is 16.6. The molecule has 0 N–H and O–H groups in total. The van der Waals surface area contributed by atoms with E-state index in [9.17, 15) is 9.59 Å². The van der Waals surface area contributed by atoms with Crippen molar-refractivity contribution in [3.63, 3.8) is 0 Å². The minimum Gasteiger partial charge on any atom is -0.496 e. The fourth-order valence-electron chi connectivity index (χ4n) is 3.33. The minimum atomic E-state index is -0.430. The van der Waals surface area contributed by atoms with Crippen LogP contribution < -0.4 is 16.0 Å². The van der Waals surface area contributed by atoms with E-state index in [1.54, 1.807) is 25.8 Å². The van der Waals surface area contributed by atoms with Crippen molar-refractivity contribution in [3.05, 3.63) is 57.0 Å². The molecule has 9 nitrogen and oxygen atoms in total. The SMILES string of the molecule is COc1ccccc1C1=NO[C@@H](Cn2c(=O)c3c(ncn3C)n(C)c2=O)C1. The molecule has 27 heavy (non-hydrogen) atoms. The Labute approximate surface area is 154 Å². The highest BCUT2D eigenvalue weighted by Crippen LogP contribution is 2.24. The number of aryl methyl sites for hydroxylation is 2. The number of hydrogen-bond acceptors (Lipinski definition) is 6. The van der Waals surface area contributed by atoms with Crippen LogP contribution in [0.2, 0.25) is 0 Å². The van der Waals surface area contributed by atoms with E-state index in [0.29, 0.717) is 23.3 Å². The van der Waals surface area contributed by atoms with Crippen LogP contribution in [0.25, 0.3) is 11.2 Å².